The largest absolute Gasteiger partial charge is 0.463 e. The summed E-state index contributed by atoms with van der Waals surface area (Å²) in [6, 6.07) is 0. The van der Waals surface area contributed by atoms with Gasteiger partial charge in [0.1, 0.15) is 0 Å². The van der Waals surface area contributed by atoms with Crippen molar-refractivity contribution < 1.29 is 9.53 Å². The Kier molecular flexibility index (Phi) is 10.6. The standard InChI is InChI=1S/C12H23NO2/c1-3-5-6-7-10-13-11-8-9-12(14)15-4-2/h8-9,13H,3-7,10-11H2,1-2H3/b9-8+. The zero-order valence-electron chi connectivity index (χ0n) is 9.92. The Hall–Kier alpha value is -0.830. The third kappa shape index (κ3) is 11.1. The molecule has 0 radical (unpaired) electrons. The lowest BCUT2D eigenvalue weighted by Crippen LogP contribution is -2.15. The van der Waals surface area contributed by atoms with Crippen LogP contribution in [0.25, 0.3) is 0 Å². The van der Waals surface area contributed by atoms with Gasteiger partial charge in [-0.2, -0.15) is 0 Å². The van der Waals surface area contributed by atoms with E-state index in [4.69, 9.17) is 4.74 Å². The molecule has 0 heterocycles. The smallest absolute Gasteiger partial charge is 0.330 e. The van der Waals surface area contributed by atoms with Crippen LogP contribution >= 0.6 is 0 Å². The van der Waals surface area contributed by atoms with Gasteiger partial charge in [-0.25, -0.2) is 4.79 Å². The second-order valence-corrected chi connectivity index (χ2v) is 3.42. The summed E-state index contributed by atoms with van der Waals surface area (Å²) in [6.45, 7) is 6.21. The minimum absolute atomic E-state index is 0.259. The first-order valence-electron chi connectivity index (χ1n) is 5.85. The zero-order valence-corrected chi connectivity index (χ0v) is 9.92. The number of hydrogen-bond acceptors (Lipinski definition) is 3. The van der Waals surface area contributed by atoms with Gasteiger partial charge in [-0.3, -0.25) is 0 Å². The maximum Gasteiger partial charge on any atom is 0.330 e. The Morgan fingerprint density at radius 3 is 2.73 bits per heavy atom. The minimum atomic E-state index is -0.259. The summed E-state index contributed by atoms with van der Waals surface area (Å²) in [4.78, 5) is 10.9. The van der Waals surface area contributed by atoms with Gasteiger partial charge in [-0.1, -0.05) is 32.3 Å². The van der Waals surface area contributed by atoms with Gasteiger partial charge in [0.25, 0.3) is 0 Å². The Bertz CT molecular complexity index is 178. The third-order valence-electron chi connectivity index (χ3n) is 2.01. The van der Waals surface area contributed by atoms with E-state index in [0.29, 0.717) is 6.61 Å². The summed E-state index contributed by atoms with van der Waals surface area (Å²) >= 11 is 0. The van der Waals surface area contributed by atoms with Crippen molar-refractivity contribution in [2.45, 2.75) is 39.5 Å². The topological polar surface area (TPSA) is 38.3 Å². The van der Waals surface area contributed by atoms with Crippen molar-refractivity contribution >= 4 is 5.97 Å². The van der Waals surface area contributed by atoms with E-state index < -0.39 is 0 Å². The van der Waals surface area contributed by atoms with E-state index in [1.165, 1.54) is 31.8 Å². The molecule has 0 aliphatic heterocycles. The number of rotatable bonds is 9. The van der Waals surface area contributed by atoms with Crippen LogP contribution in [0, 0.1) is 0 Å². The van der Waals surface area contributed by atoms with Crippen LogP contribution in [0.2, 0.25) is 0 Å². The predicted molar refractivity (Wildman–Crippen MR) is 62.8 cm³/mol. The van der Waals surface area contributed by atoms with Crippen LogP contribution < -0.4 is 5.32 Å². The fourth-order valence-electron chi connectivity index (χ4n) is 1.21. The Morgan fingerprint density at radius 1 is 1.27 bits per heavy atom. The maximum atomic E-state index is 10.9. The Balaban J connectivity index is 3.19. The van der Waals surface area contributed by atoms with Crippen LogP contribution in [-0.4, -0.2) is 25.7 Å². The number of carbonyl (C=O) groups is 1. The third-order valence-corrected chi connectivity index (χ3v) is 2.01. The van der Waals surface area contributed by atoms with E-state index in [2.05, 4.69) is 12.2 Å². The number of unbranched alkanes of at least 4 members (excludes halogenated alkanes) is 3. The van der Waals surface area contributed by atoms with Crippen LogP contribution in [0.1, 0.15) is 39.5 Å². The predicted octanol–water partition coefficient (Wildman–Crippen LogP) is 2.28. The first kappa shape index (κ1) is 14.2. The van der Waals surface area contributed by atoms with Crippen LogP contribution in [0.5, 0.6) is 0 Å². The van der Waals surface area contributed by atoms with Crippen molar-refractivity contribution in [3.05, 3.63) is 12.2 Å². The fourth-order valence-corrected chi connectivity index (χ4v) is 1.21. The summed E-state index contributed by atoms with van der Waals surface area (Å²) in [7, 11) is 0. The Morgan fingerprint density at radius 2 is 2.07 bits per heavy atom. The number of ether oxygens (including phenoxy) is 1. The number of esters is 1. The average Bonchev–Trinajstić information content (AvgIpc) is 2.22. The highest BCUT2D eigenvalue weighted by Gasteiger charge is 1.91. The van der Waals surface area contributed by atoms with E-state index in [1.807, 2.05) is 0 Å². The molecule has 0 aliphatic rings. The summed E-state index contributed by atoms with van der Waals surface area (Å²) < 4.78 is 4.75. The quantitative estimate of drug-likeness (QED) is 0.363. The Labute approximate surface area is 92.9 Å². The molecule has 0 atom stereocenters. The van der Waals surface area contributed by atoms with E-state index in [9.17, 15) is 4.79 Å². The first-order chi connectivity index (χ1) is 7.31. The molecule has 0 fully saturated rings. The molecule has 0 aromatic rings. The molecule has 0 aromatic carbocycles. The van der Waals surface area contributed by atoms with Gasteiger partial charge >= 0.3 is 5.97 Å². The SMILES string of the molecule is CCCCCCNC/C=C/C(=O)OCC. The number of carbonyl (C=O) groups excluding carboxylic acids is 1. The molecule has 88 valence electrons. The molecular weight excluding hydrogens is 190 g/mol. The second kappa shape index (κ2) is 11.2. The second-order valence-electron chi connectivity index (χ2n) is 3.42. The molecule has 15 heavy (non-hydrogen) atoms. The first-order valence-corrected chi connectivity index (χ1v) is 5.85. The number of hydrogen-bond donors (Lipinski definition) is 1. The van der Waals surface area contributed by atoms with Gasteiger partial charge in [0.15, 0.2) is 0 Å². The van der Waals surface area contributed by atoms with E-state index in [1.54, 1.807) is 13.0 Å². The molecule has 0 bridgehead atoms. The van der Waals surface area contributed by atoms with E-state index in [-0.39, 0.29) is 5.97 Å². The van der Waals surface area contributed by atoms with Crippen molar-refractivity contribution in [3.8, 4) is 0 Å². The molecule has 0 amide bonds. The molecule has 0 aliphatic carbocycles. The molecule has 0 rings (SSSR count). The van der Waals surface area contributed by atoms with Crippen molar-refractivity contribution in [1.29, 1.82) is 0 Å². The highest BCUT2D eigenvalue weighted by Crippen LogP contribution is 1.96. The van der Waals surface area contributed by atoms with Gasteiger partial charge in [-0.05, 0) is 19.9 Å². The molecule has 3 nitrogen and oxygen atoms in total. The summed E-state index contributed by atoms with van der Waals surface area (Å²) in [5, 5.41) is 3.25. The average molecular weight is 213 g/mol. The van der Waals surface area contributed by atoms with Crippen molar-refractivity contribution in [2.75, 3.05) is 19.7 Å². The molecule has 0 spiro atoms. The summed E-state index contributed by atoms with van der Waals surface area (Å²) in [5.41, 5.74) is 0. The molecule has 0 unspecified atom stereocenters. The van der Waals surface area contributed by atoms with Gasteiger partial charge in [-0.15, -0.1) is 0 Å². The van der Waals surface area contributed by atoms with E-state index >= 15 is 0 Å². The zero-order chi connectivity index (χ0) is 11.4. The van der Waals surface area contributed by atoms with Gasteiger partial charge < -0.3 is 10.1 Å². The molecule has 0 saturated heterocycles. The summed E-state index contributed by atoms with van der Waals surface area (Å²) in [5.74, 6) is -0.259. The van der Waals surface area contributed by atoms with Crippen molar-refractivity contribution in [1.82, 2.24) is 5.32 Å². The maximum absolute atomic E-state index is 10.9. The summed E-state index contributed by atoms with van der Waals surface area (Å²) in [6.07, 6.45) is 8.34. The highest BCUT2D eigenvalue weighted by atomic mass is 16.5. The van der Waals surface area contributed by atoms with Crippen LogP contribution in [-0.2, 0) is 9.53 Å². The van der Waals surface area contributed by atoms with Gasteiger partial charge in [0.2, 0.25) is 0 Å². The normalized spacial score (nSPS) is 10.8. The van der Waals surface area contributed by atoms with E-state index in [0.717, 1.165) is 13.1 Å². The molecule has 1 N–H and O–H groups in total. The lowest BCUT2D eigenvalue weighted by atomic mass is 10.2. The molecular formula is C12H23NO2. The van der Waals surface area contributed by atoms with Crippen molar-refractivity contribution in [3.63, 3.8) is 0 Å². The minimum Gasteiger partial charge on any atom is -0.463 e. The monoisotopic (exact) mass is 213 g/mol. The van der Waals surface area contributed by atoms with Crippen LogP contribution in [0.15, 0.2) is 12.2 Å². The van der Waals surface area contributed by atoms with Gasteiger partial charge in [0, 0.05) is 12.6 Å². The lowest BCUT2D eigenvalue weighted by Gasteiger charge is -2.00. The van der Waals surface area contributed by atoms with Gasteiger partial charge in [0.05, 0.1) is 6.61 Å². The molecule has 3 heteroatoms. The van der Waals surface area contributed by atoms with Crippen molar-refractivity contribution in [2.24, 2.45) is 0 Å². The number of nitrogens with one attached hydrogen (secondary N) is 1. The molecule has 0 saturated carbocycles. The lowest BCUT2D eigenvalue weighted by molar-refractivity contribution is -0.137. The van der Waals surface area contributed by atoms with Crippen LogP contribution in [0.4, 0.5) is 0 Å². The van der Waals surface area contributed by atoms with Crippen LogP contribution in [0.3, 0.4) is 0 Å². The highest BCUT2D eigenvalue weighted by molar-refractivity contribution is 5.81. The fraction of sp³-hybridized carbons (Fsp3) is 0.750. The molecule has 0 aromatic heterocycles.